The van der Waals surface area contributed by atoms with Crippen molar-refractivity contribution in [3.63, 3.8) is 0 Å². The number of hydrogen-bond acceptors (Lipinski definition) is 13. The van der Waals surface area contributed by atoms with E-state index >= 15 is 0 Å². The van der Waals surface area contributed by atoms with E-state index in [4.69, 9.17) is 9.47 Å². The van der Waals surface area contributed by atoms with Gasteiger partial charge in [-0.25, -0.2) is 4.98 Å². The number of allylic oxidation sites excluding steroid dienone is 2. The minimum Gasteiger partial charge on any atom is -0.481 e. The number of aliphatic hydroxyl groups excluding tert-OH is 7. The molecular weight excluding hydrogens is 849 g/mol. The number of hydrogen-bond donors (Lipinski definition) is 11. The maximum Gasteiger partial charge on any atom is 0.310 e. The zero-order valence-corrected chi connectivity index (χ0v) is 39.6. The molecule has 16 nitrogen and oxygen atoms in total. The smallest absolute Gasteiger partial charge is 0.310 e. The van der Waals surface area contributed by atoms with Crippen LogP contribution < -0.4 is 10.6 Å². The van der Waals surface area contributed by atoms with E-state index in [1.165, 1.54) is 5.57 Å². The van der Waals surface area contributed by atoms with Gasteiger partial charge < -0.3 is 65.9 Å². The molecule has 0 radical (unpaired) electrons. The molecule has 1 amide bonds. The molecule has 1 aromatic heterocycles. The molecule has 370 valence electrons. The third-order valence-electron chi connectivity index (χ3n) is 21.2. The summed E-state index contributed by atoms with van der Waals surface area (Å²) in [7, 11) is 0. The number of nitrogens with one attached hydrogen (secondary N) is 3. The molecule has 16 heteroatoms. The Kier molecular flexibility index (Phi) is 12.6. The number of carbonyl (C=O) groups excluding carboxylic acids is 1. The predicted octanol–water partition coefficient (Wildman–Crippen LogP) is 2.39. The van der Waals surface area contributed by atoms with Crippen molar-refractivity contribution in [3.05, 3.63) is 29.9 Å². The molecule has 11 N–H and O–H groups in total. The van der Waals surface area contributed by atoms with Crippen molar-refractivity contribution in [1.82, 2.24) is 20.6 Å². The number of nitrogens with zero attached hydrogens (tertiary/aromatic N) is 1. The van der Waals surface area contributed by atoms with Gasteiger partial charge in [-0.2, -0.15) is 0 Å². The van der Waals surface area contributed by atoms with Crippen LogP contribution >= 0.6 is 0 Å². The first-order valence-electron chi connectivity index (χ1n) is 25.0. The maximum atomic E-state index is 14.4. The second kappa shape index (κ2) is 17.1. The highest BCUT2D eigenvalue weighted by Gasteiger charge is 2.74. The lowest BCUT2D eigenvalue weighted by molar-refractivity contribution is -0.340. The number of amides is 1. The molecule has 0 spiro atoms. The van der Waals surface area contributed by atoms with Gasteiger partial charge >= 0.3 is 5.97 Å². The van der Waals surface area contributed by atoms with E-state index in [1.807, 2.05) is 13.1 Å². The molecule has 4 saturated carbocycles. The van der Waals surface area contributed by atoms with Gasteiger partial charge in [-0.05, 0) is 141 Å². The van der Waals surface area contributed by atoms with Crippen LogP contribution in [0, 0.1) is 68.0 Å². The molecular formula is C50H78N4O12. The Hall–Kier alpha value is -2.51. The molecule has 0 bridgehead atoms. The van der Waals surface area contributed by atoms with Crippen LogP contribution in [-0.2, 0) is 24.5 Å². The molecule has 4 heterocycles. The topological polar surface area (TPSA) is 267 Å². The number of carboxylic acid groups (broad SMARTS) is 1. The van der Waals surface area contributed by atoms with Crippen LogP contribution in [0.3, 0.4) is 0 Å². The van der Waals surface area contributed by atoms with Gasteiger partial charge in [-0.15, -0.1) is 0 Å². The summed E-state index contributed by atoms with van der Waals surface area (Å²) >= 11 is 0. The Labute approximate surface area is 388 Å². The average Bonchev–Trinajstić information content (AvgIpc) is 3.96. The van der Waals surface area contributed by atoms with E-state index in [2.05, 4.69) is 54.4 Å². The van der Waals surface area contributed by atoms with Crippen LogP contribution in [-0.4, -0.2) is 145 Å². The van der Waals surface area contributed by atoms with Crippen molar-refractivity contribution in [2.24, 2.45) is 68.0 Å². The van der Waals surface area contributed by atoms with E-state index in [0.717, 1.165) is 38.0 Å². The first-order chi connectivity index (χ1) is 31.2. The summed E-state index contributed by atoms with van der Waals surface area (Å²) in [6.07, 6.45) is 4.50. The number of aromatic nitrogens is 2. The molecule has 0 unspecified atom stereocenters. The SMILES string of the molecule is C[C@]1(CO)CC[C@]2(C(=O)O)CC[C@]3(C)C(=CC[C@@H]4[C@@]5(C)[C@H](C[C@@H]6[C@@H](CCO)C(=O)N[C@@H]6C6(c7cnc[nH]7)CCNCC6)[C@@H](O)[C@@H](O[C@@H]6OC[C@@H](O)[C@H](O)[C@H]6O)[C@@](C)(CO)[C@H]5CC[C@]43C)[C@@H]2C1. The number of ether oxygens (including phenoxy) is 2. The lowest BCUT2D eigenvalue weighted by Gasteiger charge is -2.73. The molecule has 3 saturated heterocycles. The Bertz CT molecular complexity index is 2000. The highest BCUT2D eigenvalue weighted by atomic mass is 16.7. The second-order valence-corrected chi connectivity index (χ2v) is 23.8. The third-order valence-corrected chi connectivity index (χ3v) is 21.2. The van der Waals surface area contributed by atoms with Gasteiger partial charge in [0, 0.05) is 47.9 Å². The average molecular weight is 927 g/mol. The van der Waals surface area contributed by atoms with Gasteiger partial charge in [0.05, 0.1) is 37.2 Å². The van der Waals surface area contributed by atoms with Crippen molar-refractivity contribution in [2.75, 3.05) is 39.5 Å². The molecule has 1 aromatic rings. The number of aliphatic carboxylic acids is 1. The largest absolute Gasteiger partial charge is 0.481 e. The van der Waals surface area contributed by atoms with Gasteiger partial charge in [-0.3, -0.25) is 9.59 Å². The summed E-state index contributed by atoms with van der Waals surface area (Å²) < 4.78 is 12.5. The van der Waals surface area contributed by atoms with Crippen LogP contribution in [0.1, 0.15) is 117 Å². The van der Waals surface area contributed by atoms with Crippen molar-refractivity contribution in [2.45, 2.75) is 160 Å². The number of aliphatic hydroxyl groups is 7. The summed E-state index contributed by atoms with van der Waals surface area (Å²) in [5.41, 5.74) is -2.39. The number of imidazole rings is 1. The van der Waals surface area contributed by atoms with E-state index in [1.54, 1.807) is 6.33 Å². The number of piperidine rings is 1. The molecule has 8 aliphatic rings. The second-order valence-electron chi connectivity index (χ2n) is 23.8. The van der Waals surface area contributed by atoms with Gasteiger partial charge in [-0.1, -0.05) is 46.3 Å². The fourth-order valence-corrected chi connectivity index (χ4v) is 17.1. The van der Waals surface area contributed by atoms with Crippen molar-refractivity contribution < 1.29 is 59.9 Å². The van der Waals surface area contributed by atoms with Crippen molar-refractivity contribution in [1.29, 1.82) is 0 Å². The fraction of sp³-hybridized carbons (Fsp3) is 0.860. The van der Waals surface area contributed by atoms with Crippen LogP contribution in [0.2, 0.25) is 0 Å². The number of rotatable bonds is 11. The number of carboxylic acids is 1. The van der Waals surface area contributed by atoms with Crippen LogP contribution in [0.4, 0.5) is 0 Å². The van der Waals surface area contributed by atoms with Crippen LogP contribution in [0.25, 0.3) is 0 Å². The first-order valence-corrected chi connectivity index (χ1v) is 25.0. The van der Waals surface area contributed by atoms with E-state index in [9.17, 15) is 50.4 Å². The van der Waals surface area contributed by atoms with Crippen LogP contribution in [0.5, 0.6) is 0 Å². The summed E-state index contributed by atoms with van der Waals surface area (Å²) in [4.78, 5) is 35.7. The Morgan fingerprint density at radius 2 is 1.64 bits per heavy atom. The standard InChI is InChI=1S/C50H78N4O12/c1-44(24-56)11-13-49(43(63)64)14-12-46(3)29(31(49)21-44)6-7-34-47(46,4)10-8-33-45(2,25-57)40(66-42-38(61)37(60)32(58)23-65-42)36(59)30(48(33,34)5)20-28-27(9-19-55)41(62)54-39(28)50(15-17-51-18-16-50)35-22-52-26-53-35/h6,22,26-28,30-34,36-40,42,51,55-61H,7-21,23-25H2,1-5H3,(H,52,53)(H,54,62)(H,63,64)/t27-,28-,30-,31+,32-,33-,34+,36-,37+,38-,39+,40-,42+,44+,45+,46-,47-,48+,49+/m1/s1. The van der Waals surface area contributed by atoms with E-state index in [0.29, 0.717) is 51.4 Å². The van der Waals surface area contributed by atoms with E-state index < -0.39 is 92.5 Å². The van der Waals surface area contributed by atoms with Gasteiger partial charge in [0.25, 0.3) is 0 Å². The molecule has 7 fully saturated rings. The lowest BCUT2D eigenvalue weighted by atomic mass is 9.31. The van der Waals surface area contributed by atoms with Crippen molar-refractivity contribution in [3.8, 4) is 0 Å². The number of carbonyl (C=O) groups is 2. The monoisotopic (exact) mass is 927 g/mol. The van der Waals surface area contributed by atoms with Gasteiger partial charge in [0.2, 0.25) is 5.91 Å². The third kappa shape index (κ3) is 6.83. The zero-order chi connectivity index (χ0) is 47.4. The minimum absolute atomic E-state index is 0.0111. The predicted molar refractivity (Wildman–Crippen MR) is 240 cm³/mol. The molecule has 9 rings (SSSR count). The Morgan fingerprint density at radius 1 is 0.909 bits per heavy atom. The molecule has 5 aliphatic carbocycles. The normalized spacial score (nSPS) is 50.0. The summed E-state index contributed by atoms with van der Waals surface area (Å²) in [5.74, 6) is -3.00. The van der Waals surface area contributed by atoms with Crippen molar-refractivity contribution >= 4 is 11.9 Å². The molecule has 19 atom stereocenters. The summed E-state index contributed by atoms with van der Waals surface area (Å²) in [6.45, 7) is 11.6. The van der Waals surface area contributed by atoms with E-state index in [-0.39, 0.29) is 68.5 Å². The maximum absolute atomic E-state index is 14.4. The fourth-order valence-electron chi connectivity index (χ4n) is 17.1. The summed E-state index contributed by atoms with van der Waals surface area (Å²) in [5, 5.41) is 96.8. The highest BCUT2D eigenvalue weighted by Crippen LogP contribution is 2.77. The first kappa shape index (κ1) is 48.5. The minimum atomic E-state index is -1.63. The number of aromatic amines is 1. The molecule has 3 aliphatic heterocycles. The number of fused-ring (bicyclic) bond motifs is 7. The highest BCUT2D eigenvalue weighted by molar-refractivity contribution is 5.82. The van der Waals surface area contributed by atoms with Gasteiger partial charge in [0.1, 0.15) is 18.3 Å². The zero-order valence-electron chi connectivity index (χ0n) is 39.6. The molecule has 66 heavy (non-hydrogen) atoms. The summed E-state index contributed by atoms with van der Waals surface area (Å²) in [6, 6.07) is -0.385. The Morgan fingerprint density at radius 3 is 2.29 bits per heavy atom. The Balaban J connectivity index is 1.19. The molecule has 0 aromatic carbocycles. The van der Waals surface area contributed by atoms with Crippen LogP contribution in [0.15, 0.2) is 24.2 Å². The lowest BCUT2D eigenvalue weighted by Crippen LogP contribution is -2.72. The quantitative estimate of drug-likeness (QED) is 0.113. The number of H-pyrrole nitrogens is 1. The van der Waals surface area contributed by atoms with Gasteiger partial charge in [0.15, 0.2) is 6.29 Å².